The van der Waals surface area contributed by atoms with E-state index >= 15 is 0 Å². The number of hydrogen-bond donors (Lipinski definition) is 2. The van der Waals surface area contributed by atoms with Gasteiger partial charge in [-0.25, -0.2) is 0 Å². The van der Waals surface area contributed by atoms with E-state index in [9.17, 15) is 18.0 Å². The number of carbonyl (C=O) groups excluding carboxylic acids is 1. The van der Waals surface area contributed by atoms with Crippen LogP contribution in [-0.4, -0.2) is 44.4 Å². The third kappa shape index (κ3) is 6.24. The van der Waals surface area contributed by atoms with Crippen molar-refractivity contribution in [2.75, 3.05) is 26.3 Å². The Morgan fingerprint density at radius 1 is 1.37 bits per heavy atom. The maximum atomic E-state index is 12.0. The van der Waals surface area contributed by atoms with Gasteiger partial charge in [0.25, 0.3) is 0 Å². The lowest BCUT2D eigenvalue weighted by Crippen LogP contribution is -2.48. The number of carbonyl (C=O) groups is 1. The molecule has 0 aliphatic carbocycles. The topological polar surface area (TPSA) is 50.4 Å². The minimum Gasteiger partial charge on any atom is -0.381 e. The van der Waals surface area contributed by atoms with Gasteiger partial charge in [-0.1, -0.05) is 6.92 Å². The summed E-state index contributed by atoms with van der Waals surface area (Å²) in [4.78, 5) is 11.5. The van der Waals surface area contributed by atoms with Crippen LogP contribution < -0.4 is 10.6 Å². The van der Waals surface area contributed by atoms with Crippen molar-refractivity contribution < 1.29 is 22.7 Å². The molecule has 0 radical (unpaired) electrons. The number of rotatable bonds is 5. The summed E-state index contributed by atoms with van der Waals surface area (Å²) in [6, 6.07) is -0.637. The summed E-state index contributed by atoms with van der Waals surface area (Å²) >= 11 is 0. The molecule has 19 heavy (non-hydrogen) atoms. The highest BCUT2D eigenvalue weighted by Crippen LogP contribution is 2.28. The summed E-state index contributed by atoms with van der Waals surface area (Å²) in [7, 11) is 0. The van der Waals surface area contributed by atoms with Crippen LogP contribution in [0, 0.1) is 5.41 Å². The van der Waals surface area contributed by atoms with Crippen molar-refractivity contribution in [3.8, 4) is 0 Å². The Kier molecular flexibility index (Phi) is 5.61. The Morgan fingerprint density at radius 3 is 2.47 bits per heavy atom. The first-order valence-electron chi connectivity index (χ1n) is 6.37. The summed E-state index contributed by atoms with van der Waals surface area (Å²) in [5, 5.41) is 4.87. The zero-order chi connectivity index (χ0) is 14.5. The number of hydrogen-bond acceptors (Lipinski definition) is 3. The highest BCUT2D eigenvalue weighted by Gasteiger charge is 2.30. The second kappa shape index (κ2) is 6.56. The highest BCUT2D eigenvalue weighted by atomic mass is 19.4. The molecule has 0 spiro atoms. The summed E-state index contributed by atoms with van der Waals surface area (Å²) < 4.78 is 41.2. The summed E-state index contributed by atoms with van der Waals surface area (Å²) in [5.41, 5.74) is 0.0385. The molecule has 1 unspecified atom stereocenters. The largest absolute Gasteiger partial charge is 0.405 e. The molecule has 1 aliphatic rings. The monoisotopic (exact) mass is 282 g/mol. The van der Waals surface area contributed by atoms with E-state index in [0.29, 0.717) is 19.8 Å². The Hall–Kier alpha value is -0.820. The van der Waals surface area contributed by atoms with Crippen LogP contribution in [0.15, 0.2) is 0 Å². The Balaban J connectivity index is 2.29. The van der Waals surface area contributed by atoms with E-state index in [0.717, 1.165) is 12.8 Å². The van der Waals surface area contributed by atoms with Gasteiger partial charge in [0, 0.05) is 19.8 Å². The van der Waals surface area contributed by atoms with Crippen molar-refractivity contribution in [2.45, 2.75) is 38.9 Å². The second-order valence-electron chi connectivity index (χ2n) is 5.36. The number of amides is 1. The highest BCUT2D eigenvalue weighted by molar-refractivity contribution is 5.81. The van der Waals surface area contributed by atoms with Crippen LogP contribution >= 0.6 is 0 Å². The third-order valence-corrected chi connectivity index (χ3v) is 3.39. The van der Waals surface area contributed by atoms with Crippen LogP contribution in [0.5, 0.6) is 0 Å². The van der Waals surface area contributed by atoms with Crippen LogP contribution in [0.25, 0.3) is 0 Å². The van der Waals surface area contributed by atoms with Crippen LogP contribution in [0.2, 0.25) is 0 Å². The molecule has 1 atom stereocenters. The second-order valence-corrected chi connectivity index (χ2v) is 5.36. The van der Waals surface area contributed by atoms with Crippen molar-refractivity contribution in [3.63, 3.8) is 0 Å². The molecule has 112 valence electrons. The average molecular weight is 282 g/mol. The predicted octanol–water partition coefficient (Wildman–Crippen LogP) is 1.46. The Morgan fingerprint density at radius 2 is 1.95 bits per heavy atom. The molecule has 1 heterocycles. The fourth-order valence-electron chi connectivity index (χ4n) is 1.87. The minimum atomic E-state index is -4.37. The van der Waals surface area contributed by atoms with Crippen molar-refractivity contribution in [1.29, 1.82) is 0 Å². The normalized spacial score (nSPS) is 20.9. The molecule has 1 amide bonds. The van der Waals surface area contributed by atoms with Crippen LogP contribution in [0.3, 0.4) is 0 Å². The van der Waals surface area contributed by atoms with Gasteiger partial charge in [-0.2, -0.15) is 13.2 Å². The fourth-order valence-corrected chi connectivity index (χ4v) is 1.87. The first-order chi connectivity index (χ1) is 8.72. The minimum absolute atomic E-state index is 0.0385. The van der Waals surface area contributed by atoms with Gasteiger partial charge < -0.3 is 15.4 Å². The zero-order valence-corrected chi connectivity index (χ0v) is 11.3. The molecule has 4 nitrogen and oxygen atoms in total. The molecule has 0 aromatic carbocycles. The summed E-state index contributed by atoms with van der Waals surface area (Å²) in [6.45, 7) is 4.33. The maximum Gasteiger partial charge on any atom is 0.405 e. The lowest BCUT2D eigenvalue weighted by atomic mass is 9.82. The van der Waals surface area contributed by atoms with Gasteiger partial charge in [-0.15, -0.1) is 0 Å². The Bertz CT molecular complexity index is 302. The molecule has 1 fully saturated rings. The van der Waals surface area contributed by atoms with E-state index in [1.807, 2.05) is 5.32 Å². The fraction of sp³-hybridized carbons (Fsp3) is 0.917. The van der Waals surface area contributed by atoms with E-state index in [-0.39, 0.29) is 5.41 Å². The molecule has 1 rings (SSSR count). The van der Waals surface area contributed by atoms with Gasteiger partial charge in [-0.05, 0) is 25.2 Å². The summed E-state index contributed by atoms with van der Waals surface area (Å²) in [6.07, 6.45) is -2.60. The number of nitrogens with one attached hydrogen (secondary N) is 2. The molecular weight excluding hydrogens is 261 g/mol. The van der Waals surface area contributed by atoms with Gasteiger partial charge in [-0.3, -0.25) is 4.79 Å². The van der Waals surface area contributed by atoms with Crippen molar-refractivity contribution >= 4 is 5.91 Å². The lowest BCUT2D eigenvalue weighted by Gasteiger charge is -2.34. The predicted molar refractivity (Wildman–Crippen MR) is 64.7 cm³/mol. The number of alkyl halides is 3. The molecule has 0 aromatic heterocycles. The first kappa shape index (κ1) is 16.2. The summed E-state index contributed by atoms with van der Waals surface area (Å²) in [5.74, 6) is -0.631. The van der Waals surface area contributed by atoms with E-state index < -0.39 is 24.7 Å². The zero-order valence-electron chi connectivity index (χ0n) is 11.3. The quantitative estimate of drug-likeness (QED) is 0.802. The molecule has 0 aromatic rings. The molecule has 1 saturated heterocycles. The van der Waals surface area contributed by atoms with E-state index in [1.165, 1.54) is 0 Å². The van der Waals surface area contributed by atoms with Gasteiger partial charge in [0.1, 0.15) is 6.54 Å². The van der Waals surface area contributed by atoms with Crippen LogP contribution in [0.1, 0.15) is 26.7 Å². The number of ether oxygens (including phenoxy) is 1. The van der Waals surface area contributed by atoms with Crippen molar-refractivity contribution in [2.24, 2.45) is 5.41 Å². The third-order valence-electron chi connectivity index (χ3n) is 3.39. The van der Waals surface area contributed by atoms with Crippen LogP contribution in [0.4, 0.5) is 13.2 Å². The van der Waals surface area contributed by atoms with Gasteiger partial charge in [0.05, 0.1) is 6.04 Å². The van der Waals surface area contributed by atoms with Crippen LogP contribution in [-0.2, 0) is 9.53 Å². The van der Waals surface area contributed by atoms with Gasteiger partial charge in [0.2, 0.25) is 5.91 Å². The number of halogens is 3. The molecular formula is C12H21F3N2O2. The SMILES string of the molecule is CC(NCC1(C)CCOCC1)C(=O)NCC(F)(F)F. The Labute approximate surface area is 111 Å². The van der Waals surface area contributed by atoms with Gasteiger partial charge in [0.15, 0.2) is 0 Å². The molecule has 0 bridgehead atoms. The van der Waals surface area contributed by atoms with Gasteiger partial charge >= 0.3 is 6.18 Å². The molecule has 1 aliphatic heterocycles. The average Bonchev–Trinajstić information content (AvgIpc) is 2.33. The van der Waals surface area contributed by atoms with E-state index in [2.05, 4.69) is 12.2 Å². The molecule has 0 saturated carbocycles. The van der Waals surface area contributed by atoms with E-state index in [1.54, 1.807) is 6.92 Å². The van der Waals surface area contributed by atoms with Crippen molar-refractivity contribution in [1.82, 2.24) is 10.6 Å². The maximum absolute atomic E-state index is 12.0. The molecule has 7 heteroatoms. The van der Waals surface area contributed by atoms with Crippen molar-refractivity contribution in [3.05, 3.63) is 0 Å². The first-order valence-corrected chi connectivity index (χ1v) is 6.37. The smallest absolute Gasteiger partial charge is 0.381 e. The molecule has 2 N–H and O–H groups in total. The van der Waals surface area contributed by atoms with E-state index in [4.69, 9.17) is 4.74 Å². The lowest BCUT2D eigenvalue weighted by molar-refractivity contribution is -0.139. The standard InChI is InChI=1S/C12H21F3N2O2/c1-9(10(18)17-8-12(13,14)15)16-7-11(2)3-5-19-6-4-11/h9,16H,3-8H2,1-2H3,(H,17,18).